The molecule has 4 nitrogen and oxygen atoms in total. The van der Waals surface area contributed by atoms with Crippen LogP contribution in [0.5, 0.6) is 5.75 Å². The molecule has 0 unspecified atom stereocenters. The number of rotatable bonds is 4. The van der Waals surface area contributed by atoms with Gasteiger partial charge in [0.05, 0.1) is 6.61 Å². The van der Waals surface area contributed by atoms with Gasteiger partial charge in [0.2, 0.25) is 0 Å². The van der Waals surface area contributed by atoms with Crippen LogP contribution in [0.3, 0.4) is 0 Å². The zero-order valence-electron chi connectivity index (χ0n) is 9.36. The fourth-order valence-corrected chi connectivity index (χ4v) is 1.17. The van der Waals surface area contributed by atoms with Gasteiger partial charge >= 0.3 is 5.97 Å². The number of benzene rings is 1. The molecule has 0 saturated heterocycles. The number of aromatic hydroxyl groups is 1. The standard InChI is InChI=1S/C12H15NO3/c1-3-16-12(15)8-9(2)13-10-4-6-11(14)7-5-10/h4-8,13-14H,3H2,1-2H3/b9-8-. The zero-order valence-corrected chi connectivity index (χ0v) is 9.36. The van der Waals surface area contributed by atoms with Gasteiger partial charge in [-0.25, -0.2) is 4.79 Å². The molecule has 86 valence electrons. The summed E-state index contributed by atoms with van der Waals surface area (Å²) in [6.07, 6.45) is 1.39. The number of esters is 1. The molecular formula is C12H15NO3. The molecule has 0 aliphatic carbocycles. The van der Waals surface area contributed by atoms with Gasteiger partial charge < -0.3 is 15.2 Å². The quantitative estimate of drug-likeness (QED) is 0.465. The van der Waals surface area contributed by atoms with E-state index in [4.69, 9.17) is 9.84 Å². The number of hydrogen-bond donors (Lipinski definition) is 2. The number of carbonyl (C=O) groups is 1. The van der Waals surface area contributed by atoms with Crippen molar-refractivity contribution in [1.82, 2.24) is 0 Å². The molecule has 0 radical (unpaired) electrons. The predicted molar refractivity (Wildman–Crippen MR) is 62.1 cm³/mol. The molecule has 0 aromatic heterocycles. The van der Waals surface area contributed by atoms with E-state index in [1.165, 1.54) is 6.08 Å². The van der Waals surface area contributed by atoms with E-state index >= 15 is 0 Å². The number of ether oxygens (including phenoxy) is 1. The van der Waals surface area contributed by atoms with Crippen LogP contribution in [0.1, 0.15) is 13.8 Å². The van der Waals surface area contributed by atoms with E-state index in [1.807, 2.05) is 0 Å². The van der Waals surface area contributed by atoms with Gasteiger partial charge in [-0.2, -0.15) is 0 Å². The van der Waals surface area contributed by atoms with E-state index in [0.717, 1.165) is 5.69 Å². The van der Waals surface area contributed by atoms with Crippen LogP contribution in [0.25, 0.3) is 0 Å². The van der Waals surface area contributed by atoms with E-state index in [0.29, 0.717) is 12.3 Å². The molecule has 0 bridgehead atoms. The Bertz CT molecular complexity index is 382. The highest BCUT2D eigenvalue weighted by molar-refractivity contribution is 5.83. The number of anilines is 1. The van der Waals surface area contributed by atoms with Gasteiger partial charge in [0.25, 0.3) is 0 Å². The summed E-state index contributed by atoms with van der Waals surface area (Å²) in [5.41, 5.74) is 1.49. The van der Waals surface area contributed by atoms with Crippen molar-refractivity contribution in [3.8, 4) is 5.75 Å². The number of allylic oxidation sites excluding steroid dienone is 1. The summed E-state index contributed by atoms with van der Waals surface area (Å²) in [4.78, 5) is 11.1. The second kappa shape index (κ2) is 5.80. The van der Waals surface area contributed by atoms with Crippen LogP contribution in [0.4, 0.5) is 5.69 Å². The van der Waals surface area contributed by atoms with Gasteiger partial charge in [-0.1, -0.05) is 0 Å². The average molecular weight is 221 g/mol. The number of carbonyl (C=O) groups excluding carboxylic acids is 1. The van der Waals surface area contributed by atoms with E-state index in [9.17, 15) is 4.79 Å². The van der Waals surface area contributed by atoms with Crippen molar-refractivity contribution in [1.29, 1.82) is 0 Å². The average Bonchev–Trinajstić information content (AvgIpc) is 2.21. The first-order valence-electron chi connectivity index (χ1n) is 5.03. The largest absolute Gasteiger partial charge is 0.508 e. The summed E-state index contributed by atoms with van der Waals surface area (Å²) < 4.78 is 4.77. The normalized spacial score (nSPS) is 11.0. The van der Waals surface area contributed by atoms with Crippen LogP contribution in [-0.4, -0.2) is 17.7 Å². The Hall–Kier alpha value is -1.97. The van der Waals surface area contributed by atoms with Gasteiger partial charge in [-0.3, -0.25) is 0 Å². The molecule has 1 aromatic carbocycles. The molecule has 0 amide bonds. The Morgan fingerprint density at radius 2 is 2.06 bits per heavy atom. The van der Waals surface area contributed by atoms with Gasteiger partial charge in [0.1, 0.15) is 5.75 Å². The lowest BCUT2D eigenvalue weighted by molar-refractivity contribution is -0.137. The molecule has 0 saturated carbocycles. The maximum atomic E-state index is 11.1. The molecule has 16 heavy (non-hydrogen) atoms. The van der Waals surface area contributed by atoms with Crippen molar-refractivity contribution in [2.24, 2.45) is 0 Å². The molecule has 0 spiro atoms. The summed E-state index contributed by atoms with van der Waals surface area (Å²) in [6, 6.07) is 6.58. The second-order valence-electron chi connectivity index (χ2n) is 3.25. The Labute approximate surface area is 94.6 Å². The predicted octanol–water partition coefficient (Wildman–Crippen LogP) is 2.27. The first kappa shape index (κ1) is 12.1. The molecule has 2 N–H and O–H groups in total. The number of nitrogens with one attached hydrogen (secondary N) is 1. The Morgan fingerprint density at radius 3 is 2.62 bits per heavy atom. The zero-order chi connectivity index (χ0) is 12.0. The molecule has 1 aromatic rings. The lowest BCUT2D eigenvalue weighted by Crippen LogP contribution is -2.04. The maximum absolute atomic E-state index is 11.1. The lowest BCUT2D eigenvalue weighted by Gasteiger charge is -2.06. The summed E-state index contributed by atoms with van der Waals surface area (Å²) in [6.45, 7) is 3.89. The first-order valence-corrected chi connectivity index (χ1v) is 5.03. The van der Waals surface area contributed by atoms with Gasteiger partial charge in [-0.05, 0) is 38.1 Å². The second-order valence-corrected chi connectivity index (χ2v) is 3.25. The van der Waals surface area contributed by atoms with Crippen LogP contribution >= 0.6 is 0 Å². The third-order valence-electron chi connectivity index (χ3n) is 1.83. The Morgan fingerprint density at radius 1 is 1.44 bits per heavy atom. The topological polar surface area (TPSA) is 58.6 Å². The Balaban J connectivity index is 2.60. The van der Waals surface area contributed by atoms with Crippen molar-refractivity contribution in [3.63, 3.8) is 0 Å². The summed E-state index contributed by atoms with van der Waals surface area (Å²) in [7, 11) is 0. The van der Waals surface area contributed by atoms with Gasteiger partial charge in [0, 0.05) is 17.5 Å². The molecule has 0 heterocycles. The summed E-state index contributed by atoms with van der Waals surface area (Å²) >= 11 is 0. The molecule has 0 fully saturated rings. The summed E-state index contributed by atoms with van der Waals surface area (Å²) in [5, 5.41) is 12.1. The molecule has 0 aliphatic rings. The number of hydrogen-bond acceptors (Lipinski definition) is 4. The highest BCUT2D eigenvalue weighted by atomic mass is 16.5. The molecular weight excluding hydrogens is 206 g/mol. The minimum Gasteiger partial charge on any atom is -0.508 e. The fraction of sp³-hybridized carbons (Fsp3) is 0.250. The van der Waals surface area contributed by atoms with Crippen molar-refractivity contribution in [3.05, 3.63) is 36.0 Å². The van der Waals surface area contributed by atoms with Gasteiger partial charge in [-0.15, -0.1) is 0 Å². The van der Waals surface area contributed by atoms with E-state index in [-0.39, 0.29) is 11.7 Å². The molecule has 4 heteroatoms. The van der Waals surface area contributed by atoms with Crippen LogP contribution in [0, 0.1) is 0 Å². The highest BCUT2D eigenvalue weighted by Gasteiger charge is 1.98. The SMILES string of the molecule is CCOC(=O)/C=C(/C)Nc1ccc(O)cc1. The van der Waals surface area contributed by atoms with Crippen LogP contribution in [0.15, 0.2) is 36.0 Å². The summed E-state index contributed by atoms with van der Waals surface area (Å²) in [5.74, 6) is -0.163. The maximum Gasteiger partial charge on any atom is 0.332 e. The molecule has 0 aliphatic heterocycles. The molecule has 0 atom stereocenters. The number of phenolic OH excluding ortho intramolecular Hbond substituents is 1. The number of phenols is 1. The van der Waals surface area contributed by atoms with Crippen LogP contribution in [0.2, 0.25) is 0 Å². The van der Waals surface area contributed by atoms with Crippen molar-refractivity contribution in [2.45, 2.75) is 13.8 Å². The van der Waals surface area contributed by atoms with Gasteiger partial charge in [0.15, 0.2) is 0 Å². The van der Waals surface area contributed by atoms with Crippen LogP contribution < -0.4 is 5.32 Å². The minimum absolute atomic E-state index is 0.206. The van der Waals surface area contributed by atoms with Crippen molar-refractivity contribution >= 4 is 11.7 Å². The first-order chi connectivity index (χ1) is 7.61. The van der Waals surface area contributed by atoms with Crippen molar-refractivity contribution in [2.75, 3.05) is 11.9 Å². The fourth-order valence-electron chi connectivity index (χ4n) is 1.17. The van der Waals surface area contributed by atoms with Crippen molar-refractivity contribution < 1.29 is 14.6 Å². The Kier molecular flexibility index (Phi) is 4.39. The van der Waals surface area contributed by atoms with Crippen LogP contribution in [-0.2, 0) is 9.53 Å². The smallest absolute Gasteiger partial charge is 0.332 e. The molecule has 1 rings (SSSR count). The third kappa shape index (κ3) is 4.04. The third-order valence-corrected chi connectivity index (χ3v) is 1.83. The monoisotopic (exact) mass is 221 g/mol. The lowest BCUT2D eigenvalue weighted by atomic mass is 10.3. The van der Waals surface area contributed by atoms with E-state index in [2.05, 4.69) is 5.32 Å². The van der Waals surface area contributed by atoms with E-state index in [1.54, 1.807) is 38.1 Å². The highest BCUT2D eigenvalue weighted by Crippen LogP contribution is 2.15. The minimum atomic E-state index is -0.369. The van der Waals surface area contributed by atoms with E-state index < -0.39 is 0 Å².